The van der Waals surface area contributed by atoms with Crippen molar-refractivity contribution in [3.05, 3.63) is 53.1 Å². The molecule has 198 valence electrons. The van der Waals surface area contributed by atoms with E-state index in [1.54, 1.807) is 13.8 Å². The summed E-state index contributed by atoms with van der Waals surface area (Å²) < 4.78 is 77.8. The van der Waals surface area contributed by atoms with E-state index in [-0.39, 0.29) is 22.2 Å². The summed E-state index contributed by atoms with van der Waals surface area (Å²) in [4.78, 5) is 24.4. The first kappa shape index (κ1) is 29.2. The molecule has 0 saturated carbocycles. The number of halogens is 6. The molecule has 0 aliphatic rings. The predicted molar refractivity (Wildman–Crippen MR) is 122 cm³/mol. The zero-order valence-electron chi connectivity index (χ0n) is 19.3. The Balaban J connectivity index is 2.24. The number of nitrogens with one attached hydrogen (secondary N) is 1. The van der Waals surface area contributed by atoms with Crippen molar-refractivity contribution in [2.24, 2.45) is 11.7 Å². The number of nitrogens with zero attached hydrogens (tertiary/aromatic N) is 3. The number of aryl methyl sites for hydroxylation is 1. The lowest BCUT2D eigenvalue weighted by molar-refractivity contribution is -0.170. The number of anilines is 1. The number of alkyl halides is 6. The second-order valence-corrected chi connectivity index (χ2v) is 9.09. The zero-order valence-corrected chi connectivity index (χ0v) is 20.1. The lowest BCUT2D eigenvalue weighted by atomic mass is 10.0. The first-order chi connectivity index (χ1) is 16.7. The Bertz CT molecular complexity index is 1040. The second kappa shape index (κ2) is 12.3. The van der Waals surface area contributed by atoms with Gasteiger partial charge in [-0.25, -0.2) is 0 Å². The number of benzene rings is 1. The van der Waals surface area contributed by atoms with Gasteiger partial charge in [0.25, 0.3) is 0 Å². The van der Waals surface area contributed by atoms with Gasteiger partial charge in [0, 0.05) is 12.6 Å². The largest absolute Gasteiger partial charge is 0.471 e. The summed E-state index contributed by atoms with van der Waals surface area (Å²) in [5, 5.41) is 6.32. The number of hydrogen-bond acceptors (Lipinski definition) is 6. The van der Waals surface area contributed by atoms with E-state index >= 15 is 0 Å². The van der Waals surface area contributed by atoms with Crippen LogP contribution in [0.3, 0.4) is 0 Å². The number of amides is 2. The fourth-order valence-electron chi connectivity index (χ4n) is 2.94. The minimum absolute atomic E-state index is 0.0549. The molecule has 0 saturated heterocycles. The van der Waals surface area contributed by atoms with Crippen LogP contribution in [0.25, 0.3) is 0 Å². The molecule has 2 rings (SSSR count). The van der Waals surface area contributed by atoms with Gasteiger partial charge >= 0.3 is 18.3 Å². The SMILES string of the molecule is CC(C)[C@H](N)C(=O)N[C@H](/C=C/CN(C(=O)C(F)(F)F)c1nnc(C(F)(F)F)s1)CCc1ccccc1. The maximum absolute atomic E-state index is 13.1. The molecule has 0 aliphatic heterocycles. The van der Waals surface area contributed by atoms with Crippen LogP contribution in [-0.2, 0) is 22.2 Å². The van der Waals surface area contributed by atoms with E-state index in [0.717, 1.165) is 11.6 Å². The molecule has 14 heteroatoms. The Labute approximate surface area is 207 Å². The molecule has 0 radical (unpaired) electrons. The highest BCUT2D eigenvalue weighted by Gasteiger charge is 2.45. The Kier molecular flexibility index (Phi) is 9.99. The van der Waals surface area contributed by atoms with Gasteiger partial charge in [-0.05, 0) is 24.3 Å². The Morgan fingerprint density at radius 2 is 1.75 bits per heavy atom. The summed E-state index contributed by atoms with van der Waals surface area (Å²) in [6.45, 7) is 2.74. The molecule has 0 aliphatic carbocycles. The summed E-state index contributed by atoms with van der Waals surface area (Å²) in [7, 11) is 0. The van der Waals surface area contributed by atoms with Gasteiger partial charge < -0.3 is 11.1 Å². The van der Waals surface area contributed by atoms with E-state index in [1.807, 2.05) is 30.3 Å². The van der Waals surface area contributed by atoms with Crippen molar-refractivity contribution in [3.63, 3.8) is 0 Å². The Hall–Kier alpha value is -3.00. The fourth-order valence-corrected chi connectivity index (χ4v) is 3.66. The Morgan fingerprint density at radius 3 is 2.28 bits per heavy atom. The zero-order chi connectivity index (χ0) is 27.1. The van der Waals surface area contributed by atoms with Crippen LogP contribution >= 0.6 is 11.3 Å². The van der Waals surface area contributed by atoms with E-state index in [4.69, 9.17) is 5.73 Å². The number of aromatic nitrogens is 2. The molecular weight excluding hydrogens is 512 g/mol. The highest BCUT2D eigenvalue weighted by atomic mass is 32.1. The maximum atomic E-state index is 13.1. The molecule has 1 aromatic carbocycles. The summed E-state index contributed by atoms with van der Waals surface area (Å²) in [5.41, 5.74) is 6.82. The van der Waals surface area contributed by atoms with Crippen LogP contribution in [0.5, 0.6) is 0 Å². The van der Waals surface area contributed by atoms with Gasteiger partial charge in [-0.3, -0.25) is 14.5 Å². The average Bonchev–Trinajstić information content (AvgIpc) is 3.29. The predicted octanol–water partition coefficient (Wildman–Crippen LogP) is 4.11. The molecule has 0 spiro atoms. The Morgan fingerprint density at radius 1 is 1.11 bits per heavy atom. The smallest absolute Gasteiger partial charge is 0.349 e. The highest BCUT2D eigenvalue weighted by Crippen LogP contribution is 2.35. The van der Waals surface area contributed by atoms with E-state index in [9.17, 15) is 35.9 Å². The normalized spacial score (nSPS) is 14.2. The fraction of sp³-hybridized carbons (Fsp3) is 0.455. The monoisotopic (exact) mass is 537 g/mol. The van der Waals surface area contributed by atoms with Crippen LogP contribution in [0.1, 0.15) is 30.8 Å². The van der Waals surface area contributed by atoms with Gasteiger partial charge in [0.05, 0.1) is 6.04 Å². The summed E-state index contributed by atoms with van der Waals surface area (Å²) in [6.07, 6.45) is -6.92. The van der Waals surface area contributed by atoms with Gasteiger partial charge in [0.1, 0.15) is 0 Å². The average molecular weight is 538 g/mol. The molecule has 0 unspecified atom stereocenters. The third kappa shape index (κ3) is 8.59. The first-order valence-corrected chi connectivity index (χ1v) is 11.6. The van der Waals surface area contributed by atoms with Crippen LogP contribution < -0.4 is 16.0 Å². The molecular formula is C22H25F6N5O2S. The van der Waals surface area contributed by atoms with Gasteiger partial charge in [0.15, 0.2) is 0 Å². The molecule has 2 aromatic rings. The van der Waals surface area contributed by atoms with Crippen molar-refractivity contribution < 1.29 is 35.9 Å². The third-order valence-electron chi connectivity index (χ3n) is 4.97. The first-order valence-electron chi connectivity index (χ1n) is 10.8. The van der Waals surface area contributed by atoms with Gasteiger partial charge in [-0.1, -0.05) is 67.7 Å². The van der Waals surface area contributed by atoms with Crippen molar-refractivity contribution in [2.45, 2.75) is 51.1 Å². The van der Waals surface area contributed by atoms with Crippen molar-refractivity contribution in [2.75, 3.05) is 11.4 Å². The quantitative estimate of drug-likeness (QED) is 0.351. The van der Waals surface area contributed by atoms with Gasteiger partial charge in [-0.15, -0.1) is 10.2 Å². The number of rotatable bonds is 10. The number of carbonyl (C=O) groups is 2. The maximum Gasteiger partial charge on any atom is 0.471 e. The minimum Gasteiger partial charge on any atom is -0.349 e. The van der Waals surface area contributed by atoms with Crippen molar-refractivity contribution in [3.8, 4) is 0 Å². The minimum atomic E-state index is -5.36. The van der Waals surface area contributed by atoms with Gasteiger partial charge in [0.2, 0.25) is 16.0 Å². The second-order valence-electron chi connectivity index (χ2n) is 8.14. The number of carbonyl (C=O) groups excluding carboxylic acids is 2. The van der Waals surface area contributed by atoms with Gasteiger partial charge in [-0.2, -0.15) is 26.3 Å². The van der Waals surface area contributed by atoms with E-state index in [2.05, 4.69) is 15.5 Å². The van der Waals surface area contributed by atoms with Crippen molar-refractivity contribution in [1.82, 2.24) is 15.5 Å². The third-order valence-corrected chi connectivity index (χ3v) is 5.96. The van der Waals surface area contributed by atoms with E-state index < -0.39 is 52.9 Å². The van der Waals surface area contributed by atoms with Crippen LogP contribution in [0, 0.1) is 5.92 Å². The molecule has 1 aromatic heterocycles. The summed E-state index contributed by atoms with van der Waals surface area (Å²) in [5.74, 6) is -3.05. The van der Waals surface area contributed by atoms with Crippen LogP contribution in [0.4, 0.5) is 31.5 Å². The number of nitrogens with two attached hydrogens (primary N) is 1. The van der Waals surface area contributed by atoms with Crippen molar-refractivity contribution >= 4 is 28.3 Å². The topological polar surface area (TPSA) is 101 Å². The molecule has 1 heterocycles. The summed E-state index contributed by atoms with van der Waals surface area (Å²) in [6, 6.07) is 7.69. The van der Waals surface area contributed by atoms with E-state index in [1.165, 1.54) is 6.08 Å². The molecule has 0 fully saturated rings. The highest BCUT2D eigenvalue weighted by molar-refractivity contribution is 7.15. The standard InChI is InChI=1S/C22H25F6N5O2S/c1-13(2)16(29)17(34)30-15(11-10-14-7-4-3-5-8-14)9-6-12-33(19(35)22(26,27)28)20-32-31-18(36-20)21(23,24)25/h3-9,13,15-16H,10-12,29H2,1-2H3,(H,30,34)/b9-6+/t15-,16+/m1/s1. The van der Waals surface area contributed by atoms with Crippen molar-refractivity contribution in [1.29, 1.82) is 0 Å². The molecule has 3 N–H and O–H groups in total. The van der Waals surface area contributed by atoms with E-state index in [0.29, 0.717) is 12.8 Å². The molecule has 2 amide bonds. The van der Waals surface area contributed by atoms with Crippen LogP contribution in [0.2, 0.25) is 0 Å². The molecule has 36 heavy (non-hydrogen) atoms. The molecule has 2 atom stereocenters. The molecule has 0 bridgehead atoms. The van der Waals surface area contributed by atoms with Crippen LogP contribution in [0.15, 0.2) is 42.5 Å². The lowest BCUT2D eigenvalue weighted by Gasteiger charge is -2.22. The molecule has 7 nitrogen and oxygen atoms in total. The van der Waals surface area contributed by atoms with Crippen LogP contribution in [-0.4, -0.2) is 46.8 Å². The summed E-state index contributed by atoms with van der Waals surface area (Å²) >= 11 is -0.186. The lowest BCUT2D eigenvalue weighted by Crippen LogP contribution is -2.47. The number of hydrogen-bond donors (Lipinski definition) is 2.